The molecule has 0 spiro atoms. The third-order valence-corrected chi connectivity index (χ3v) is 3.16. The van der Waals surface area contributed by atoms with Gasteiger partial charge in [0.2, 0.25) is 0 Å². The highest BCUT2D eigenvalue weighted by atomic mass is 79.9. The van der Waals surface area contributed by atoms with Gasteiger partial charge in [-0.15, -0.1) is 0 Å². The summed E-state index contributed by atoms with van der Waals surface area (Å²) in [5, 5.41) is 0.402. The first kappa shape index (κ1) is 12.1. The first-order valence-corrected chi connectivity index (χ1v) is 6.05. The monoisotopic (exact) mass is 310 g/mol. The second kappa shape index (κ2) is 5.34. The molecule has 2 rings (SSSR count). The third kappa shape index (κ3) is 2.68. The van der Waals surface area contributed by atoms with Crippen molar-refractivity contribution < 1.29 is 9.53 Å². The summed E-state index contributed by atoms with van der Waals surface area (Å²) in [6.45, 7) is 0. The molecule has 0 atom stereocenters. The zero-order chi connectivity index (χ0) is 12.3. The van der Waals surface area contributed by atoms with Crippen molar-refractivity contribution in [2.45, 2.75) is 0 Å². The van der Waals surface area contributed by atoms with E-state index >= 15 is 0 Å². The summed E-state index contributed by atoms with van der Waals surface area (Å²) in [5.74, 6) is 0.998. The molecule has 86 valence electrons. The molecule has 0 heterocycles. The minimum absolute atomic E-state index is 0.363. The molecule has 0 aliphatic carbocycles. The highest BCUT2D eigenvalue weighted by Crippen LogP contribution is 2.35. The molecule has 0 saturated heterocycles. The van der Waals surface area contributed by atoms with Crippen LogP contribution in [0.4, 0.5) is 0 Å². The molecule has 0 aliphatic heterocycles. The van der Waals surface area contributed by atoms with E-state index in [1.807, 2.05) is 18.2 Å². The number of hydrogen-bond acceptors (Lipinski definition) is 2. The molecule has 0 radical (unpaired) electrons. The molecule has 0 unspecified atom stereocenters. The van der Waals surface area contributed by atoms with Gasteiger partial charge in [-0.1, -0.05) is 29.8 Å². The summed E-state index contributed by atoms with van der Waals surface area (Å²) in [6, 6.07) is 12.6. The number of halogens is 2. The van der Waals surface area contributed by atoms with Gasteiger partial charge in [0.25, 0.3) is 0 Å². The molecule has 2 nitrogen and oxygen atoms in total. The molecule has 0 amide bonds. The summed E-state index contributed by atoms with van der Waals surface area (Å²) >= 11 is 9.31. The summed E-state index contributed by atoms with van der Waals surface area (Å²) < 4.78 is 6.27. The van der Waals surface area contributed by atoms with E-state index in [9.17, 15) is 4.79 Å². The van der Waals surface area contributed by atoms with E-state index in [0.717, 1.165) is 0 Å². The average molecular weight is 312 g/mol. The number of carbonyl (C=O) groups is 1. The zero-order valence-electron chi connectivity index (χ0n) is 8.69. The van der Waals surface area contributed by atoms with E-state index in [2.05, 4.69) is 15.9 Å². The van der Waals surface area contributed by atoms with Crippen LogP contribution in [0.3, 0.4) is 0 Å². The lowest BCUT2D eigenvalue weighted by Gasteiger charge is -2.10. The Hall–Kier alpha value is -1.32. The standard InChI is InChI=1S/C13H8BrClO2/c14-11-6-7-12(15)13(10(11)8-16)17-9-4-2-1-3-5-9/h1-8H. The molecule has 2 aromatic carbocycles. The Balaban J connectivity index is 2.45. The van der Waals surface area contributed by atoms with Crippen LogP contribution in [0.5, 0.6) is 11.5 Å². The first-order valence-electron chi connectivity index (χ1n) is 4.88. The van der Waals surface area contributed by atoms with Gasteiger partial charge < -0.3 is 4.74 Å². The second-order valence-corrected chi connectivity index (χ2v) is 4.57. The van der Waals surface area contributed by atoms with Crippen LogP contribution >= 0.6 is 27.5 Å². The lowest BCUT2D eigenvalue weighted by molar-refractivity contribution is 0.112. The highest BCUT2D eigenvalue weighted by molar-refractivity contribution is 9.10. The number of rotatable bonds is 3. The van der Waals surface area contributed by atoms with Crippen molar-refractivity contribution >= 4 is 33.8 Å². The lowest BCUT2D eigenvalue weighted by atomic mass is 10.2. The Bertz CT molecular complexity index is 541. The van der Waals surface area contributed by atoms with Gasteiger partial charge in [0.15, 0.2) is 12.0 Å². The zero-order valence-corrected chi connectivity index (χ0v) is 11.0. The Labute approximate surface area is 112 Å². The molecule has 2 aromatic rings. The van der Waals surface area contributed by atoms with Crippen molar-refractivity contribution in [3.8, 4) is 11.5 Å². The van der Waals surface area contributed by atoms with Crippen LogP contribution in [0, 0.1) is 0 Å². The van der Waals surface area contributed by atoms with Crippen LogP contribution in [0.1, 0.15) is 10.4 Å². The Kier molecular flexibility index (Phi) is 3.82. The van der Waals surface area contributed by atoms with Crippen LogP contribution in [-0.2, 0) is 0 Å². The predicted octanol–water partition coefficient (Wildman–Crippen LogP) is 4.71. The second-order valence-electron chi connectivity index (χ2n) is 3.30. The van der Waals surface area contributed by atoms with Crippen molar-refractivity contribution in [1.82, 2.24) is 0 Å². The maximum absolute atomic E-state index is 11.0. The molecular formula is C13H8BrClO2. The maximum atomic E-state index is 11.0. The average Bonchev–Trinajstić information content (AvgIpc) is 2.35. The first-order chi connectivity index (χ1) is 8.22. The lowest BCUT2D eigenvalue weighted by Crippen LogP contribution is -1.92. The van der Waals surface area contributed by atoms with Gasteiger partial charge in [-0.05, 0) is 40.2 Å². The molecule has 0 bridgehead atoms. The number of benzene rings is 2. The fourth-order valence-corrected chi connectivity index (χ4v) is 1.98. The minimum Gasteiger partial charge on any atom is -0.455 e. The van der Waals surface area contributed by atoms with Gasteiger partial charge in [0.05, 0.1) is 10.6 Å². The maximum Gasteiger partial charge on any atom is 0.157 e. The molecule has 17 heavy (non-hydrogen) atoms. The van der Waals surface area contributed by atoms with Gasteiger partial charge in [-0.25, -0.2) is 0 Å². The molecular weight excluding hydrogens is 303 g/mol. The molecule has 0 saturated carbocycles. The predicted molar refractivity (Wildman–Crippen MR) is 71.1 cm³/mol. The number of ether oxygens (including phenoxy) is 1. The summed E-state index contributed by atoms with van der Waals surface area (Å²) in [5.41, 5.74) is 0.404. The number of carbonyl (C=O) groups excluding carboxylic acids is 1. The van der Waals surface area contributed by atoms with Gasteiger partial charge in [0, 0.05) is 4.47 Å². The Morgan fingerprint density at radius 2 is 1.82 bits per heavy atom. The fourth-order valence-electron chi connectivity index (χ4n) is 1.37. The summed E-state index contributed by atoms with van der Waals surface area (Å²) in [6.07, 6.45) is 0.717. The fraction of sp³-hybridized carbons (Fsp3) is 0. The van der Waals surface area contributed by atoms with Crippen LogP contribution < -0.4 is 4.74 Å². The summed E-state index contributed by atoms with van der Waals surface area (Å²) in [7, 11) is 0. The van der Waals surface area contributed by atoms with Gasteiger partial charge >= 0.3 is 0 Å². The van der Waals surface area contributed by atoms with Crippen molar-refractivity contribution in [2.75, 3.05) is 0 Å². The molecule has 0 aliphatic rings. The summed E-state index contributed by atoms with van der Waals surface area (Å²) in [4.78, 5) is 11.0. The van der Waals surface area contributed by atoms with E-state index in [4.69, 9.17) is 16.3 Å². The Morgan fingerprint density at radius 3 is 2.47 bits per heavy atom. The van der Waals surface area contributed by atoms with Gasteiger partial charge in [-0.2, -0.15) is 0 Å². The van der Waals surface area contributed by atoms with Gasteiger partial charge in [-0.3, -0.25) is 4.79 Å². The van der Waals surface area contributed by atoms with Crippen LogP contribution in [-0.4, -0.2) is 6.29 Å². The Morgan fingerprint density at radius 1 is 1.12 bits per heavy atom. The van der Waals surface area contributed by atoms with Crippen LogP contribution in [0.2, 0.25) is 5.02 Å². The quantitative estimate of drug-likeness (QED) is 0.768. The van der Waals surface area contributed by atoms with Gasteiger partial charge in [0.1, 0.15) is 5.75 Å². The van der Waals surface area contributed by atoms with E-state index in [1.54, 1.807) is 24.3 Å². The molecule has 0 N–H and O–H groups in total. The minimum atomic E-state index is 0.363. The van der Waals surface area contributed by atoms with Crippen LogP contribution in [0.15, 0.2) is 46.9 Å². The molecule has 0 aromatic heterocycles. The number of para-hydroxylation sites is 1. The number of aldehydes is 1. The smallest absolute Gasteiger partial charge is 0.157 e. The van der Waals surface area contributed by atoms with Crippen molar-refractivity contribution in [2.24, 2.45) is 0 Å². The largest absolute Gasteiger partial charge is 0.455 e. The van der Waals surface area contributed by atoms with Crippen molar-refractivity contribution in [3.05, 3.63) is 57.5 Å². The van der Waals surface area contributed by atoms with Crippen molar-refractivity contribution in [1.29, 1.82) is 0 Å². The highest BCUT2D eigenvalue weighted by Gasteiger charge is 2.12. The SMILES string of the molecule is O=Cc1c(Br)ccc(Cl)c1Oc1ccccc1. The van der Waals surface area contributed by atoms with E-state index in [-0.39, 0.29) is 0 Å². The van der Waals surface area contributed by atoms with Crippen molar-refractivity contribution in [3.63, 3.8) is 0 Å². The normalized spacial score (nSPS) is 10.0. The number of hydrogen-bond donors (Lipinski definition) is 0. The van der Waals surface area contributed by atoms with E-state index in [1.165, 1.54) is 0 Å². The molecule has 0 fully saturated rings. The topological polar surface area (TPSA) is 26.3 Å². The van der Waals surface area contributed by atoms with E-state index in [0.29, 0.717) is 32.8 Å². The van der Waals surface area contributed by atoms with E-state index < -0.39 is 0 Å². The molecule has 4 heteroatoms. The van der Waals surface area contributed by atoms with Crippen LogP contribution in [0.25, 0.3) is 0 Å². The third-order valence-electron chi connectivity index (χ3n) is 2.18.